The normalized spacial score (nSPS) is 14.7. The van der Waals surface area contributed by atoms with Gasteiger partial charge in [0, 0.05) is 22.6 Å². The molecule has 4 rings (SSSR count). The Morgan fingerprint density at radius 3 is 2.42 bits per heavy atom. The molecule has 172 valence electrons. The van der Waals surface area contributed by atoms with Gasteiger partial charge in [0.25, 0.3) is 10.0 Å². The van der Waals surface area contributed by atoms with Crippen molar-refractivity contribution in [3.05, 3.63) is 81.3 Å². The number of benzene rings is 2. The summed E-state index contributed by atoms with van der Waals surface area (Å²) in [6, 6.07) is 11.4. The second-order valence-electron chi connectivity index (χ2n) is 7.93. The highest BCUT2D eigenvalue weighted by molar-refractivity contribution is 7.89. The van der Waals surface area contributed by atoms with Crippen molar-refractivity contribution in [3.63, 3.8) is 0 Å². The van der Waals surface area contributed by atoms with E-state index >= 15 is 0 Å². The number of sulfonamides is 1. The highest BCUT2D eigenvalue weighted by Gasteiger charge is 2.29. The van der Waals surface area contributed by atoms with Crippen molar-refractivity contribution in [1.29, 1.82) is 0 Å². The Labute approximate surface area is 197 Å². The van der Waals surface area contributed by atoms with Crippen molar-refractivity contribution in [2.24, 2.45) is 5.10 Å². The first-order valence-corrected chi connectivity index (χ1v) is 12.3. The van der Waals surface area contributed by atoms with Crippen LogP contribution in [0.15, 0.2) is 56.9 Å². The van der Waals surface area contributed by atoms with Gasteiger partial charge in [0.2, 0.25) is 5.76 Å². The smallest absolute Gasteiger partial charge is 0.379 e. The van der Waals surface area contributed by atoms with Crippen LogP contribution in [0.2, 0.25) is 5.02 Å². The molecule has 0 fully saturated rings. The van der Waals surface area contributed by atoms with E-state index in [4.69, 9.17) is 20.8 Å². The van der Waals surface area contributed by atoms with Gasteiger partial charge in [0.15, 0.2) is 0 Å². The van der Waals surface area contributed by atoms with Gasteiger partial charge < -0.3 is 9.15 Å². The Bertz CT molecular complexity index is 1340. The van der Waals surface area contributed by atoms with Crippen molar-refractivity contribution in [2.45, 2.75) is 44.9 Å². The number of hydrogen-bond donors (Lipinski definition) is 1. The van der Waals surface area contributed by atoms with Crippen molar-refractivity contribution < 1.29 is 22.4 Å². The van der Waals surface area contributed by atoms with Gasteiger partial charge in [-0.3, -0.25) is 0 Å². The largest absolute Gasteiger partial charge is 0.453 e. The molecule has 0 aliphatic heterocycles. The lowest BCUT2D eigenvalue weighted by atomic mass is 9.93. The van der Waals surface area contributed by atoms with Crippen LogP contribution in [-0.2, 0) is 16.4 Å². The molecule has 0 saturated carbocycles. The molecule has 0 amide bonds. The Morgan fingerprint density at radius 1 is 1.09 bits per heavy atom. The molecule has 0 radical (unpaired) electrons. The van der Waals surface area contributed by atoms with Crippen LogP contribution in [0.25, 0.3) is 0 Å². The third kappa shape index (κ3) is 4.67. The molecule has 1 aliphatic carbocycles. The molecule has 0 bridgehead atoms. The fourth-order valence-electron chi connectivity index (χ4n) is 3.86. The summed E-state index contributed by atoms with van der Waals surface area (Å²) in [4.78, 5) is 15.3. The minimum atomic E-state index is -3.81. The van der Waals surface area contributed by atoms with E-state index in [2.05, 4.69) is 9.93 Å². The number of ether oxygens (including phenoxy) is 1. The minimum Gasteiger partial charge on any atom is -0.453 e. The van der Waals surface area contributed by atoms with Crippen LogP contribution in [0.5, 0.6) is 5.75 Å². The van der Waals surface area contributed by atoms with Gasteiger partial charge >= 0.3 is 5.97 Å². The molecule has 9 heteroatoms. The summed E-state index contributed by atoms with van der Waals surface area (Å²) in [5, 5.41) is 4.80. The Balaban J connectivity index is 1.61. The molecule has 1 aromatic heterocycles. The van der Waals surface area contributed by atoms with Gasteiger partial charge in [-0.2, -0.15) is 18.4 Å². The molecule has 1 N–H and O–H groups in total. The highest BCUT2D eigenvalue weighted by atomic mass is 35.5. The highest BCUT2D eigenvalue weighted by Crippen LogP contribution is 2.32. The summed E-state index contributed by atoms with van der Waals surface area (Å²) >= 11 is 6.19. The molecule has 1 heterocycles. The SMILES string of the molecule is Cc1cc(OC(=O)c2oc3c(c2C)/C(=N/NS(=O)(=O)c2ccccc2)CCC3)cc(C)c1Cl. The van der Waals surface area contributed by atoms with E-state index in [-0.39, 0.29) is 10.7 Å². The fourth-order valence-corrected chi connectivity index (χ4v) is 4.82. The average Bonchev–Trinajstić information content (AvgIpc) is 3.14. The Hall–Kier alpha value is -3.10. The van der Waals surface area contributed by atoms with Gasteiger partial charge in [-0.25, -0.2) is 4.79 Å². The molecule has 0 saturated heterocycles. The molecule has 1 aliphatic rings. The number of aryl methyl sites for hydroxylation is 3. The van der Waals surface area contributed by atoms with Gasteiger partial charge in [-0.05, 0) is 69.0 Å². The quantitative estimate of drug-likeness (QED) is 0.307. The number of esters is 1. The number of nitrogens with zero attached hydrogens (tertiary/aromatic N) is 1. The first kappa shape index (κ1) is 23.1. The van der Waals surface area contributed by atoms with Gasteiger partial charge in [-0.15, -0.1) is 0 Å². The summed E-state index contributed by atoms with van der Waals surface area (Å²) in [6.07, 6.45) is 1.89. The lowest BCUT2D eigenvalue weighted by Crippen LogP contribution is -2.22. The summed E-state index contributed by atoms with van der Waals surface area (Å²) in [5.74, 6) is 0.405. The van der Waals surface area contributed by atoms with Crippen LogP contribution in [-0.4, -0.2) is 20.1 Å². The van der Waals surface area contributed by atoms with E-state index < -0.39 is 16.0 Å². The number of nitrogens with one attached hydrogen (secondary N) is 1. The van der Waals surface area contributed by atoms with Crippen molar-refractivity contribution in [3.8, 4) is 5.75 Å². The maximum absolute atomic E-state index is 12.9. The summed E-state index contributed by atoms with van der Waals surface area (Å²) in [6.45, 7) is 5.41. The zero-order chi connectivity index (χ0) is 23.8. The van der Waals surface area contributed by atoms with Crippen molar-refractivity contribution in [2.75, 3.05) is 0 Å². The molecule has 0 unspecified atom stereocenters. The maximum atomic E-state index is 12.9. The summed E-state index contributed by atoms with van der Waals surface area (Å²) in [7, 11) is -3.81. The maximum Gasteiger partial charge on any atom is 0.379 e. The van der Waals surface area contributed by atoms with Gasteiger partial charge in [-0.1, -0.05) is 29.8 Å². The zero-order valence-corrected chi connectivity index (χ0v) is 20.0. The van der Waals surface area contributed by atoms with Crippen molar-refractivity contribution >= 4 is 33.3 Å². The number of hydrazone groups is 1. The monoisotopic (exact) mass is 486 g/mol. The van der Waals surface area contributed by atoms with E-state index in [1.165, 1.54) is 12.1 Å². The fraction of sp³-hybridized carbons (Fsp3) is 0.250. The Morgan fingerprint density at radius 2 is 1.76 bits per heavy atom. The van der Waals surface area contributed by atoms with Gasteiger partial charge in [0.05, 0.1) is 10.6 Å². The minimum absolute atomic E-state index is 0.0748. The second-order valence-corrected chi connectivity index (χ2v) is 9.97. The number of furan rings is 1. The molecular formula is C24H23ClN2O5S. The van der Waals surface area contributed by atoms with Crippen molar-refractivity contribution in [1.82, 2.24) is 4.83 Å². The van der Waals surface area contributed by atoms with E-state index in [9.17, 15) is 13.2 Å². The number of carbonyl (C=O) groups excluding carboxylic acids is 1. The molecule has 3 aromatic rings. The zero-order valence-electron chi connectivity index (χ0n) is 18.4. The average molecular weight is 487 g/mol. The predicted octanol–water partition coefficient (Wildman–Crippen LogP) is 5.10. The molecule has 33 heavy (non-hydrogen) atoms. The first-order valence-electron chi connectivity index (χ1n) is 10.4. The van der Waals surface area contributed by atoms with Crippen LogP contribution >= 0.6 is 11.6 Å². The standard InChI is InChI=1S/C24H23ClN2O5S/c1-14-12-17(13-15(2)22(14)25)31-24(28)23-16(3)21-19(10-7-11-20(21)32-23)26-27-33(29,30)18-8-5-4-6-9-18/h4-6,8-9,12-13,27H,7,10-11H2,1-3H3/b26-19+. The summed E-state index contributed by atoms with van der Waals surface area (Å²) < 4.78 is 36.5. The van der Waals surface area contributed by atoms with Crippen LogP contribution < -0.4 is 9.57 Å². The lowest BCUT2D eigenvalue weighted by molar-refractivity contribution is 0.0698. The molecular weight excluding hydrogens is 464 g/mol. The third-order valence-electron chi connectivity index (χ3n) is 5.49. The first-order chi connectivity index (χ1) is 15.7. The van der Waals surface area contributed by atoms with Crippen LogP contribution in [0.4, 0.5) is 0 Å². The number of hydrogen-bond acceptors (Lipinski definition) is 6. The number of halogens is 1. The van der Waals surface area contributed by atoms with E-state index in [0.29, 0.717) is 46.2 Å². The second kappa shape index (κ2) is 9.03. The van der Waals surface area contributed by atoms with E-state index in [1.807, 2.05) is 13.8 Å². The molecule has 2 aromatic carbocycles. The lowest BCUT2D eigenvalue weighted by Gasteiger charge is -2.14. The number of fused-ring (bicyclic) bond motifs is 1. The topological polar surface area (TPSA) is 98.0 Å². The van der Waals surface area contributed by atoms with Crippen LogP contribution in [0.1, 0.15) is 51.4 Å². The number of rotatable bonds is 5. The molecule has 0 spiro atoms. The van der Waals surface area contributed by atoms with Crippen LogP contribution in [0, 0.1) is 20.8 Å². The predicted molar refractivity (Wildman–Crippen MR) is 126 cm³/mol. The third-order valence-corrected chi connectivity index (χ3v) is 7.31. The number of carbonyl (C=O) groups is 1. The molecule has 7 nitrogen and oxygen atoms in total. The summed E-state index contributed by atoms with van der Waals surface area (Å²) in [5.41, 5.74) is 3.33. The Kier molecular flexibility index (Phi) is 6.32. The van der Waals surface area contributed by atoms with Crippen LogP contribution in [0.3, 0.4) is 0 Å². The molecule has 0 atom stereocenters. The van der Waals surface area contributed by atoms with E-state index in [0.717, 1.165) is 17.5 Å². The van der Waals surface area contributed by atoms with E-state index in [1.54, 1.807) is 37.3 Å². The van der Waals surface area contributed by atoms with Gasteiger partial charge in [0.1, 0.15) is 11.5 Å².